The molecule has 0 heterocycles. The van der Waals surface area contributed by atoms with Crippen molar-refractivity contribution in [1.82, 2.24) is 5.32 Å². The Balaban J connectivity index is 0. The molecule has 1 rings (SSSR count). The molecule has 8 heteroatoms. The smallest absolute Gasteiger partial charge is 0.308 e. The van der Waals surface area contributed by atoms with Crippen molar-refractivity contribution in [2.45, 2.75) is 25.4 Å². The normalized spacial score (nSPS) is 31.0. The number of carboxylic acid groups (broad SMARTS) is 1. The third-order valence-corrected chi connectivity index (χ3v) is 2.94. The highest BCUT2D eigenvalue weighted by Crippen LogP contribution is 2.28. The molecule has 0 saturated heterocycles. The van der Waals surface area contributed by atoms with E-state index in [0.717, 1.165) is 0 Å². The summed E-state index contributed by atoms with van der Waals surface area (Å²) >= 11 is 0. The molecule has 4 atom stereocenters. The van der Waals surface area contributed by atoms with Gasteiger partial charge < -0.3 is 21.9 Å². The van der Waals surface area contributed by atoms with Gasteiger partial charge in [-0.1, -0.05) is 0 Å². The summed E-state index contributed by atoms with van der Waals surface area (Å²) in [6.07, 6.45) is 0.376. The molecule has 17 heavy (non-hydrogen) atoms. The van der Waals surface area contributed by atoms with Crippen molar-refractivity contribution in [3.8, 4) is 0 Å². The number of nitrogens with one attached hydrogen (secondary N) is 1. The molecule has 0 aromatic rings. The second-order valence-corrected chi connectivity index (χ2v) is 4.02. The van der Waals surface area contributed by atoms with Crippen LogP contribution >= 0.6 is 24.8 Å². The SMILES string of the molecule is CC(=O)NC[C@@H]1[C@H](N)[C@@H](C(=O)O)C[C@H]1N.Cl.Cl. The Hall–Kier alpha value is -0.560. The maximum Gasteiger partial charge on any atom is 0.308 e. The number of hydrogen-bond acceptors (Lipinski definition) is 4. The summed E-state index contributed by atoms with van der Waals surface area (Å²) in [4.78, 5) is 21.5. The molecule has 6 nitrogen and oxygen atoms in total. The van der Waals surface area contributed by atoms with E-state index >= 15 is 0 Å². The summed E-state index contributed by atoms with van der Waals surface area (Å²) in [5.41, 5.74) is 11.6. The third kappa shape index (κ3) is 4.67. The molecular formula is C9H19Cl2N3O3. The van der Waals surface area contributed by atoms with Crippen LogP contribution in [0.5, 0.6) is 0 Å². The van der Waals surface area contributed by atoms with Crippen molar-refractivity contribution in [2.24, 2.45) is 23.3 Å². The molecule has 0 aromatic carbocycles. The van der Waals surface area contributed by atoms with Gasteiger partial charge in [-0.05, 0) is 6.42 Å². The van der Waals surface area contributed by atoms with Crippen LogP contribution in [0.4, 0.5) is 0 Å². The van der Waals surface area contributed by atoms with E-state index in [0.29, 0.717) is 13.0 Å². The van der Waals surface area contributed by atoms with E-state index in [1.54, 1.807) is 0 Å². The van der Waals surface area contributed by atoms with Gasteiger partial charge in [0.05, 0.1) is 5.92 Å². The van der Waals surface area contributed by atoms with Crippen LogP contribution in [-0.4, -0.2) is 35.6 Å². The first-order chi connectivity index (χ1) is 6.93. The number of halogens is 2. The molecule has 1 fully saturated rings. The summed E-state index contributed by atoms with van der Waals surface area (Å²) in [6, 6.07) is -0.739. The number of rotatable bonds is 3. The van der Waals surface area contributed by atoms with Gasteiger partial charge in [-0.15, -0.1) is 24.8 Å². The van der Waals surface area contributed by atoms with Crippen LogP contribution < -0.4 is 16.8 Å². The van der Waals surface area contributed by atoms with E-state index in [1.807, 2.05) is 0 Å². The zero-order valence-corrected chi connectivity index (χ0v) is 11.1. The van der Waals surface area contributed by atoms with Crippen LogP contribution in [0, 0.1) is 11.8 Å². The van der Waals surface area contributed by atoms with Crippen molar-refractivity contribution in [3.63, 3.8) is 0 Å². The molecule has 0 bridgehead atoms. The van der Waals surface area contributed by atoms with E-state index in [2.05, 4.69) is 5.32 Å². The van der Waals surface area contributed by atoms with Gasteiger partial charge in [-0.25, -0.2) is 0 Å². The molecular weight excluding hydrogens is 269 g/mol. The van der Waals surface area contributed by atoms with Crippen molar-refractivity contribution in [3.05, 3.63) is 0 Å². The van der Waals surface area contributed by atoms with Gasteiger partial charge >= 0.3 is 5.97 Å². The number of carbonyl (C=O) groups is 2. The molecule has 0 aliphatic heterocycles. The standard InChI is InChI=1S/C9H17N3O3.2ClH/c1-4(13)12-3-6-7(10)2-5(8(6)11)9(14)15;;/h5-8H,2-3,10-11H2,1H3,(H,12,13)(H,14,15);2*1H/t5-,6-,7+,8+;;/m0../s1. The Labute approximate surface area is 112 Å². The van der Waals surface area contributed by atoms with E-state index in [4.69, 9.17) is 16.6 Å². The molecule has 1 aliphatic rings. The number of nitrogens with two attached hydrogens (primary N) is 2. The fourth-order valence-electron chi connectivity index (χ4n) is 2.02. The van der Waals surface area contributed by atoms with Crippen LogP contribution in [0.15, 0.2) is 0 Å². The number of amides is 1. The fourth-order valence-corrected chi connectivity index (χ4v) is 2.02. The van der Waals surface area contributed by atoms with Crippen LogP contribution in [0.3, 0.4) is 0 Å². The molecule has 102 valence electrons. The molecule has 1 saturated carbocycles. The van der Waals surface area contributed by atoms with Crippen LogP contribution in [-0.2, 0) is 9.59 Å². The van der Waals surface area contributed by atoms with E-state index in [-0.39, 0.29) is 42.7 Å². The zero-order valence-electron chi connectivity index (χ0n) is 9.46. The van der Waals surface area contributed by atoms with Gasteiger partial charge in [0.2, 0.25) is 5.91 Å². The predicted molar refractivity (Wildman–Crippen MR) is 68.4 cm³/mol. The fraction of sp³-hybridized carbons (Fsp3) is 0.778. The van der Waals surface area contributed by atoms with Gasteiger partial charge in [-0.2, -0.15) is 0 Å². The largest absolute Gasteiger partial charge is 0.481 e. The molecule has 0 aromatic heterocycles. The minimum atomic E-state index is -0.914. The van der Waals surface area contributed by atoms with Gasteiger partial charge in [0.25, 0.3) is 0 Å². The van der Waals surface area contributed by atoms with Gasteiger partial charge in [0, 0.05) is 31.5 Å². The first-order valence-corrected chi connectivity index (χ1v) is 4.92. The topological polar surface area (TPSA) is 118 Å². The second kappa shape index (κ2) is 7.71. The highest BCUT2D eigenvalue weighted by Gasteiger charge is 2.42. The molecule has 0 spiro atoms. The van der Waals surface area contributed by atoms with E-state index in [1.165, 1.54) is 6.92 Å². The van der Waals surface area contributed by atoms with Crippen molar-refractivity contribution >= 4 is 36.7 Å². The quantitative estimate of drug-likeness (QED) is 0.550. The van der Waals surface area contributed by atoms with E-state index < -0.39 is 17.9 Å². The number of hydrogen-bond donors (Lipinski definition) is 4. The number of carbonyl (C=O) groups excluding carboxylic acids is 1. The average Bonchev–Trinajstić information content (AvgIpc) is 2.39. The lowest BCUT2D eigenvalue weighted by Crippen LogP contribution is -2.44. The predicted octanol–water partition coefficient (Wildman–Crippen LogP) is -0.659. The number of carboxylic acids is 1. The first kappa shape index (κ1) is 18.8. The summed E-state index contributed by atoms with van der Waals surface area (Å²) in [6.45, 7) is 1.75. The molecule has 1 amide bonds. The van der Waals surface area contributed by atoms with Gasteiger partial charge in [-0.3, -0.25) is 9.59 Å². The summed E-state index contributed by atoms with van der Waals surface area (Å²) < 4.78 is 0. The number of aliphatic carboxylic acids is 1. The Morgan fingerprint density at radius 3 is 2.24 bits per heavy atom. The van der Waals surface area contributed by atoms with Gasteiger partial charge in [0.1, 0.15) is 0 Å². The maximum absolute atomic E-state index is 10.8. The monoisotopic (exact) mass is 287 g/mol. The Morgan fingerprint density at radius 1 is 1.35 bits per heavy atom. The van der Waals surface area contributed by atoms with E-state index in [9.17, 15) is 9.59 Å². The summed E-state index contributed by atoms with van der Waals surface area (Å²) in [7, 11) is 0. The second-order valence-electron chi connectivity index (χ2n) is 4.02. The highest BCUT2D eigenvalue weighted by molar-refractivity contribution is 5.85. The Bertz CT molecular complexity index is 278. The molecule has 0 radical (unpaired) electrons. The van der Waals surface area contributed by atoms with Crippen LogP contribution in [0.2, 0.25) is 0 Å². The third-order valence-electron chi connectivity index (χ3n) is 2.94. The zero-order chi connectivity index (χ0) is 11.6. The average molecular weight is 288 g/mol. The van der Waals surface area contributed by atoms with Crippen LogP contribution in [0.1, 0.15) is 13.3 Å². The lowest BCUT2D eigenvalue weighted by Gasteiger charge is -2.20. The maximum atomic E-state index is 10.8. The van der Waals surface area contributed by atoms with Crippen LogP contribution in [0.25, 0.3) is 0 Å². The summed E-state index contributed by atoms with van der Waals surface area (Å²) in [5, 5.41) is 11.5. The lowest BCUT2D eigenvalue weighted by molar-refractivity contribution is -0.142. The Kier molecular flexibility index (Phi) is 8.52. The van der Waals surface area contributed by atoms with Crippen molar-refractivity contribution in [2.75, 3.05) is 6.54 Å². The lowest BCUT2D eigenvalue weighted by atomic mass is 9.97. The molecule has 1 aliphatic carbocycles. The minimum absolute atomic E-state index is 0. The van der Waals surface area contributed by atoms with Crippen molar-refractivity contribution < 1.29 is 14.7 Å². The minimum Gasteiger partial charge on any atom is -0.481 e. The first-order valence-electron chi connectivity index (χ1n) is 4.92. The molecule has 6 N–H and O–H groups in total. The molecule has 0 unspecified atom stereocenters. The highest BCUT2D eigenvalue weighted by atomic mass is 35.5. The Morgan fingerprint density at radius 2 is 1.88 bits per heavy atom. The summed E-state index contributed by atoms with van der Waals surface area (Å²) in [5.74, 6) is -1.83. The van der Waals surface area contributed by atoms with Crippen molar-refractivity contribution in [1.29, 1.82) is 0 Å². The van der Waals surface area contributed by atoms with Gasteiger partial charge in [0.15, 0.2) is 0 Å².